The van der Waals surface area contributed by atoms with Gasteiger partial charge in [-0.2, -0.15) is 0 Å². The first-order chi connectivity index (χ1) is 7.34. The van der Waals surface area contributed by atoms with E-state index >= 15 is 0 Å². The molecule has 0 aliphatic heterocycles. The van der Waals surface area contributed by atoms with E-state index in [0.717, 1.165) is 0 Å². The van der Waals surface area contributed by atoms with Gasteiger partial charge in [0.15, 0.2) is 15.0 Å². The van der Waals surface area contributed by atoms with Crippen molar-refractivity contribution >= 4 is 27.5 Å². The summed E-state index contributed by atoms with van der Waals surface area (Å²) in [6.45, 7) is 3.36. The number of nitrogens with zero attached hydrogens (tertiary/aromatic N) is 3. The Bertz CT molecular complexity index is 453. The van der Waals surface area contributed by atoms with Crippen LogP contribution < -0.4 is 5.73 Å². The Kier molecular flexibility index (Phi) is 4.20. The number of thioether (sulfide) groups is 1. The Hall–Kier alpha value is -0.760. The molecular weight excluding hydrogens is 248 g/mol. The molecule has 1 aromatic rings. The molecule has 0 unspecified atom stereocenters. The van der Waals surface area contributed by atoms with Crippen molar-refractivity contribution in [1.82, 2.24) is 14.8 Å². The number of anilines is 1. The maximum Gasteiger partial charge on any atom is 0.222 e. The van der Waals surface area contributed by atoms with Crippen molar-refractivity contribution in [2.75, 3.05) is 17.2 Å². The van der Waals surface area contributed by atoms with Gasteiger partial charge in [-0.1, -0.05) is 11.8 Å². The molecular formula is C8H16N4O2S2. The summed E-state index contributed by atoms with van der Waals surface area (Å²) in [6.07, 6.45) is 0. The zero-order chi connectivity index (χ0) is 12.3. The SMILES string of the molecule is CC(C)S(=O)(=O)CCSc1nnc(N)n1C. The van der Waals surface area contributed by atoms with E-state index in [4.69, 9.17) is 5.73 Å². The summed E-state index contributed by atoms with van der Waals surface area (Å²) < 4.78 is 24.7. The Morgan fingerprint density at radius 2 is 2.06 bits per heavy atom. The molecule has 0 aromatic carbocycles. The highest BCUT2D eigenvalue weighted by Gasteiger charge is 2.16. The first-order valence-corrected chi connectivity index (χ1v) is 7.54. The van der Waals surface area contributed by atoms with Gasteiger partial charge >= 0.3 is 0 Å². The van der Waals surface area contributed by atoms with Gasteiger partial charge in [0.2, 0.25) is 5.95 Å². The van der Waals surface area contributed by atoms with Gasteiger partial charge in [-0.25, -0.2) is 8.42 Å². The lowest BCUT2D eigenvalue weighted by atomic mass is 10.6. The number of nitrogen functional groups attached to an aromatic ring is 1. The fraction of sp³-hybridized carbons (Fsp3) is 0.750. The van der Waals surface area contributed by atoms with Crippen molar-refractivity contribution in [1.29, 1.82) is 0 Å². The normalized spacial score (nSPS) is 12.2. The number of hydrogen-bond acceptors (Lipinski definition) is 6. The molecule has 0 amide bonds. The summed E-state index contributed by atoms with van der Waals surface area (Å²) in [5.41, 5.74) is 5.50. The van der Waals surface area contributed by atoms with Gasteiger partial charge in [0, 0.05) is 12.8 Å². The van der Waals surface area contributed by atoms with Crippen molar-refractivity contribution in [3.05, 3.63) is 0 Å². The molecule has 1 heterocycles. The Labute approximate surface area is 99.5 Å². The third kappa shape index (κ3) is 3.11. The fourth-order valence-electron chi connectivity index (χ4n) is 0.937. The Morgan fingerprint density at radius 3 is 2.50 bits per heavy atom. The van der Waals surface area contributed by atoms with Crippen molar-refractivity contribution in [2.45, 2.75) is 24.3 Å². The zero-order valence-corrected chi connectivity index (χ0v) is 11.2. The fourth-order valence-corrected chi connectivity index (χ4v) is 3.24. The number of rotatable bonds is 5. The highest BCUT2D eigenvalue weighted by atomic mass is 32.2. The Morgan fingerprint density at radius 1 is 1.44 bits per heavy atom. The maximum atomic E-state index is 11.5. The van der Waals surface area contributed by atoms with Gasteiger partial charge in [-0.3, -0.25) is 4.57 Å². The summed E-state index contributed by atoms with van der Waals surface area (Å²) in [5, 5.41) is 7.82. The molecule has 1 aromatic heterocycles. The van der Waals surface area contributed by atoms with Crippen molar-refractivity contribution in [3.8, 4) is 0 Å². The van der Waals surface area contributed by atoms with E-state index in [1.54, 1.807) is 25.5 Å². The molecule has 0 spiro atoms. The van der Waals surface area contributed by atoms with Crippen LogP contribution in [0.5, 0.6) is 0 Å². The van der Waals surface area contributed by atoms with E-state index < -0.39 is 9.84 Å². The minimum absolute atomic E-state index is 0.141. The van der Waals surface area contributed by atoms with Crippen LogP contribution in [0.15, 0.2) is 5.16 Å². The summed E-state index contributed by atoms with van der Waals surface area (Å²) in [7, 11) is -1.24. The third-order valence-corrected chi connectivity index (χ3v) is 5.68. The van der Waals surface area contributed by atoms with Gasteiger partial charge in [0.1, 0.15) is 0 Å². The predicted octanol–water partition coefficient (Wildman–Crippen LogP) is 0.313. The van der Waals surface area contributed by atoms with Crippen molar-refractivity contribution < 1.29 is 8.42 Å². The van der Waals surface area contributed by atoms with Crippen LogP contribution in [0.1, 0.15) is 13.8 Å². The lowest BCUT2D eigenvalue weighted by molar-refractivity contribution is 0.589. The number of nitrogens with two attached hydrogens (primary N) is 1. The monoisotopic (exact) mass is 264 g/mol. The van der Waals surface area contributed by atoms with Gasteiger partial charge in [0.25, 0.3) is 0 Å². The molecule has 92 valence electrons. The third-order valence-electron chi connectivity index (χ3n) is 2.19. The van der Waals surface area contributed by atoms with E-state index in [-0.39, 0.29) is 11.0 Å². The minimum Gasteiger partial charge on any atom is -0.368 e. The molecule has 0 radical (unpaired) electrons. The molecule has 0 aliphatic rings. The minimum atomic E-state index is -2.98. The molecule has 0 atom stereocenters. The van der Waals surface area contributed by atoms with Crippen LogP contribution in [-0.4, -0.2) is 39.9 Å². The predicted molar refractivity (Wildman–Crippen MR) is 65.1 cm³/mol. The van der Waals surface area contributed by atoms with Crippen LogP contribution in [0.2, 0.25) is 0 Å². The average molecular weight is 264 g/mol. The lowest BCUT2D eigenvalue weighted by Gasteiger charge is -2.06. The standard InChI is InChI=1S/C8H16N4O2S2/c1-6(2)16(13,14)5-4-15-8-11-10-7(9)12(8)3/h6H,4-5H2,1-3H3,(H2,9,10). The van der Waals surface area contributed by atoms with E-state index in [1.807, 2.05) is 0 Å². The molecule has 0 fully saturated rings. The van der Waals surface area contributed by atoms with E-state index in [1.165, 1.54) is 11.8 Å². The molecule has 0 saturated heterocycles. The summed E-state index contributed by atoms with van der Waals surface area (Å²) in [4.78, 5) is 0. The number of hydrogen-bond donors (Lipinski definition) is 1. The van der Waals surface area contributed by atoms with E-state index in [2.05, 4.69) is 10.2 Å². The molecule has 1 rings (SSSR count). The van der Waals surface area contributed by atoms with Crippen LogP contribution in [-0.2, 0) is 16.9 Å². The number of sulfone groups is 1. The lowest BCUT2D eigenvalue weighted by Crippen LogP contribution is -2.19. The molecule has 0 bridgehead atoms. The molecule has 0 aliphatic carbocycles. The van der Waals surface area contributed by atoms with Gasteiger partial charge < -0.3 is 5.73 Å². The summed E-state index contributed by atoms with van der Waals surface area (Å²) in [6, 6.07) is 0. The molecule has 16 heavy (non-hydrogen) atoms. The molecule has 2 N–H and O–H groups in total. The largest absolute Gasteiger partial charge is 0.368 e. The van der Waals surface area contributed by atoms with Crippen LogP contribution in [0, 0.1) is 0 Å². The average Bonchev–Trinajstić information content (AvgIpc) is 2.49. The zero-order valence-electron chi connectivity index (χ0n) is 9.54. The number of aromatic nitrogens is 3. The van der Waals surface area contributed by atoms with Gasteiger partial charge in [-0.05, 0) is 13.8 Å². The molecule has 0 saturated carbocycles. The molecule has 6 nitrogen and oxygen atoms in total. The van der Waals surface area contributed by atoms with Crippen molar-refractivity contribution in [3.63, 3.8) is 0 Å². The summed E-state index contributed by atoms with van der Waals surface area (Å²) >= 11 is 1.34. The second-order valence-electron chi connectivity index (χ2n) is 3.66. The van der Waals surface area contributed by atoms with E-state index in [0.29, 0.717) is 16.9 Å². The quantitative estimate of drug-likeness (QED) is 0.770. The second kappa shape index (κ2) is 5.05. The van der Waals surface area contributed by atoms with E-state index in [9.17, 15) is 8.42 Å². The maximum absolute atomic E-state index is 11.5. The van der Waals surface area contributed by atoms with Crippen LogP contribution in [0.3, 0.4) is 0 Å². The van der Waals surface area contributed by atoms with Crippen LogP contribution in [0.4, 0.5) is 5.95 Å². The van der Waals surface area contributed by atoms with Gasteiger partial charge in [0.05, 0.1) is 11.0 Å². The van der Waals surface area contributed by atoms with Gasteiger partial charge in [-0.15, -0.1) is 10.2 Å². The van der Waals surface area contributed by atoms with Crippen molar-refractivity contribution in [2.24, 2.45) is 7.05 Å². The van der Waals surface area contributed by atoms with Crippen LogP contribution in [0.25, 0.3) is 0 Å². The highest BCUT2D eigenvalue weighted by Crippen LogP contribution is 2.17. The van der Waals surface area contributed by atoms with Crippen LogP contribution >= 0.6 is 11.8 Å². The highest BCUT2D eigenvalue weighted by molar-refractivity contribution is 8.00. The first kappa shape index (κ1) is 13.3. The second-order valence-corrected chi connectivity index (χ2v) is 7.40. The molecule has 8 heteroatoms. The Balaban J connectivity index is 2.51. The first-order valence-electron chi connectivity index (χ1n) is 4.84. The topological polar surface area (TPSA) is 90.9 Å². The smallest absolute Gasteiger partial charge is 0.222 e. The summed E-state index contributed by atoms with van der Waals surface area (Å²) in [5.74, 6) is 0.934.